The van der Waals surface area contributed by atoms with E-state index in [0.29, 0.717) is 17.4 Å². The molecule has 1 N–H and O–H groups in total. The van der Waals surface area contributed by atoms with Gasteiger partial charge in [0, 0.05) is 23.3 Å². The molecule has 0 atom stereocenters. The highest BCUT2D eigenvalue weighted by Gasteiger charge is 2.14. The van der Waals surface area contributed by atoms with Gasteiger partial charge in [-0.15, -0.1) is 0 Å². The first-order valence-corrected chi connectivity index (χ1v) is 8.34. The van der Waals surface area contributed by atoms with Crippen LogP contribution in [0.2, 0.25) is 0 Å². The molecule has 0 fully saturated rings. The highest BCUT2D eigenvalue weighted by atomic mass is 32.1. The molecule has 0 aliphatic carbocycles. The molecule has 4 rings (SSSR count). The molecule has 1 aromatic carbocycles. The summed E-state index contributed by atoms with van der Waals surface area (Å²) in [6.45, 7) is 0.216. The number of benzene rings is 1. The average Bonchev–Trinajstić information content (AvgIpc) is 3.33. The summed E-state index contributed by atoms with van der Waals surface area (Å²) in [5.74, 6) is 0.740. The zero-order chi connectivity index (χ0) is 16.5. The number of nitrogens with one attached hydrogen (secondary N) is 1. The first kappa shape index (κ1) is 14.6. The van der Waals surface area contributed by atoms with Gasteiger partial charge in [-0.25, -0.2) is 0 Å². The Balaban J connectivity index is 1.49. The number of aromatic nitrogens is 3. The molecule has 3 heterocycles. The van der Waals surface area contributed by atoms with Gasteiger partial charge in [0.2, 0.25) is 0 Å². The Bertz CT molecular complexity index is 1000. The summed E-state index contributed by atoms with van der Waals surface area (Å²) in [7, 11) is 1.88. The van der Waals surface area contributed by atoms with Crippen molar-refractivity contribution in [3.63, 3.8) is 0 Å². The molecule has 0 saturated heterocycles. The summed E-state index contributed by atoms with van der Waals surface area (Å²) in [6.07, 6.45) is 0. The molecule has 3 aromatic heterocycles. The number of rotatable bonds is 4. The van der Waals surface area contributed by atoms with Crippen molar-refractivity contribution in [3.8, 4) is 11.5 Å². The number of nitrogens with zero attached hydrogens (tertiary/aromatic N) is 3. The van der Waals surface area contributed by atoms with Crippen molar-refractivity contribution in [2.75, 3.05) is 0 Å². The van der Waals surface area contributed by atoms with Crippen LogP contribution in [0.25, 0.3) is 22.4 Å². The predicted octanol–water partition coefficient (Wildman–Crippen LogP) is 3.22. The third-order valence-corrected chi connectivity index (χ3v) is 4.51. The molecular weight excluding hydrogens is 324 g/mol. The molecule has 0 unspecified atom stereocenters. The second-order valence-corrected chi connectivity index (χ2v) is 6.14. The zero-order valence-electron chi connectivity index (χ0n) is 12.9. The lowest BCUT2D eigenvalue weighted by molar-refractivity contribution is 0.0942. The number of fused-ring (bicyclic) bond motifs is 1. The van der Waals surface area contributed by atoms with E-state index in [4.69, 9.17) is 4.52 Å². The summed E-state index contributed by atoms with van der Waals surface area (Å²) in [6, 6.07) is 11.7. The van der Waals surface area contributed by atoms with Crippen LogP contribution >= 0.6 is 11.3 Å². The quantitative estimate of drug-likeness (QED) is 0.620. The molecule has 7 heteroatoms. The van der Waals surface area contributed by atoms with Crippen LogP contribution in [0.15, 0.2) is 51.7 Å². The van der Waals surface area contributed by atoms with E-state index in [0.717, 1.165) is 16.5 Å². The first-order chi connectivity index (χ1) is 11.7. The van der Waals surface area contributed by atoms with E-state index in [1.165, 1.54) is 0 Å². The van der Waals surface area contributed by atoms with Crippen molar-refractivity contribution in [2.24, 2.45) is 7.05 Å². The molecule has 24 heavy (non-hydrogen) atoms. The Morgan fingerprint density at radius 3 is 3.00 bits per heavy atom. The lowest BCUT2D eigenvalue weighted by Crippen LogP contribution is -2.25. The van der Waals surface area contributed by atoms with Gasteiger partial charge in [0.1, 0.15) is 5.69 Å². The second kappa shape index (κ2) is 5.93. The van der Waals surface area contributed by atoms with Gasteiger partial charge in [-0.3, -0.25) is 4.79 Å². The number of hydrogen-bond acceptors (Lipinski definition) is 5. The van der Waals surface area contributed by atoms with Gasteiger partial charge in [0.05, 0.1) is 12.1 Å². The monoisotopic (exact) mass is 338 g/mol. The molecular formula is C17H14N4O2S. The standard InChI is InChI=1S/C17H14N4O2S/c1-21-13-5-3-2-4-11(13)8-14(21)16(22)18-9-15-19-17(23-20-15)12-6-7-24-10-12/h2-8,10H,9H2,1H3,(H,18,22). The summed E-state index contributed by atoms with van der Waals surface area (Å²) in [4.78, 5) is 16.7. The predicted molar refractivity (Wildman–Crippen MR) is 91.7 cm³/mol. The fraction of sp³-hybridized carbons (Fsp3) is 0.118. The van der Waals surface area contributed by atoms with Gasteiger partial charge in [-0.1, -0.05) is 23.4 Å². The Hall–Kier alpha value is -2.93. The Labute approximate surface area is 141 Å². The van der Waals surface area contributed by atoms with Crippen LogP contribution in [0.1, 0.15) is 16.3 Å². The largest absolute Gasteiger partial charge is 0.343 e. The van der Waals surface area contributed by atoms with Crippen molar-refractivity contribution in [2.45, 2.75) is 6.54 Å². The SMILES string of the molecule is Cn1c(C(=O)NCc2noc(-c3ccsc3)n2)cc2ccccc21. The number of para-hydroxylation sites is 1. The summed E-state index contributed by atoms with van der Waals surface area (Å²) < 4.78 is 7.08. The van der Waals surface area contributed by atoms with Crippen LogP contribution < -0.4 is 5.32 Å². The van der Waals surface area contributed by atoms with E-state index in [2.05, 4.69) is 15.5 Å². The lowest BCUT2D eigenvalue weighted by Gasteiger charge is -2.04. The maximum Gasteiger partial charge on any atom is 0.268 e. The van der Waals surface area contributed by atoms with Crippen molar-refractivity contribution >= 4 is 28.1 Å². The van der Waals surface area contributed by atoms with Crippen molar-refractivity contribution in [3.05, 3.63) is 58.7 Å². The summed E-state index contributed by atoms with van der Waals surface area (Å²) in [5.41, 5.74) is 2.50. The highest BCUT2D eigenvalue weighted by molar-refractivity contribution is 7.08. The van der Waals surface area contributed by atoms with Crippen LogP contribution in [-0.2, 0) is 13.6 Å². The number of carbonyl (C=O) groups excluding carboxylic acids is 1. The van der Waals surface area contributed by atoms with Crippen LogP contribution in [0.5, 0.6) is 0 Å². The molecule has 0 aliphatic heterocycles. The van der Waals surface area contributed by atoms with Crippen molar-refractivity contribution < 1.29 is 9.32 Å². The van der Waals surface area contributed by atoms with Gasteiger partial charge in [0.15, 0.2) is 5.82 Å². The smallest absolute Gasteiger partial charge is 0.268 e. The number of aryl methyl sites for hydroxylation is 1. The normalized spacial score (nSPS) is 11.0. The van der Waals surface area contributed by atoms with Crippen LogP contribution in [0.4, 0.5) is 0 Å². The number of carbonyl (C=O) groups is 1. The molecule has 1 amide bonds. The van der Waals surface area contributed by atoms with E-state index in [1.807, 2.05) is 58.8 Å². The van der Waals surface area contributed by atoms with E-state index >= 15 is 0 Å². The summed E-state index contributed by atoms with van der Waals surface area (Å²) in [5, 5.41) is 11.6. The van der Waals surface area contributed by atoms with Crippen LogP contribution in [0.3, 0.4) is 0 Å². The minimum absolute atomic E-state index is 0.171. The molecule has 0 bridgehead atoms. The van der Waals surface area contributed by atoms with Crippen molar-refractivity contribution in [1.82, 2.24) is 20.0 Å². The second-order valence-electron chi connectivity index (χ2n) is 5.36. The molecule has 120 valence electrons. The Kier molecular flexibility index (Phi) is 3.62. The van der Waals surface area contributed by atoms with E-state index < -0.39 is 0 Å². The van der Waals surface area contributed by atoms with Gasteiger partial charge in [-0.05, 0) is 23.6 Å². The van der Waals surface area contributed by atoms with E-state index in [-0.39, 0.29) is 12.5 Å². The van der Waals surface area contributed by atoms with Gasteiger partial charge in [0.25, 0.3) is 11.8 Å². The number of hydrogen-bond donors (Lipinski definition) is 1. The zero-order valence-corrected chi connectivity index (χ0v) is 13.7. The van der Waals surface area contributed by atoms with Gasteiger partial charge < -0.3 is 14.4 Å². The molecule has 0 saturated carbocycles. The highest BCUT2D eigenvalue weighted by Crippen LogP contribution is 2.20. The Morgan fingerprint density at radius 1 is 1.33 bits per heavy atom. The molecule has 0 aliphatic rings. The first-order valence-electron chi connectivity index (χ1n) is 7.40. The number of amides is 1. The third kappa shape index (κ3) is 2.59. The van der Waals surface area contributed by atoms with E-state index in [1.54, 1.807) is 11.3 Å². The third-order valence-electron chi connectivity index (χ3n) is 3.83. The van der Waals surface area contributed by atoms with Gasteiger partial charge in [-0.2, -0.15) is 16.3 Å². The fourth-order valence-electron chi connectivity index (χ4n) is 2.59. The minimum Gasteiger partial charge on any atom is -0.343 e. The minimum atomic E-state index is -0.171. The molecule has 0 radical (unpaired) electrons. The molecule has 0 spiro atoms. The summed E-state index contributed by atoms with van der Waals surface area (Å²) >= 11 is 1.56. The van der Waals surface area contributed by atoms with Crippen molar-refractivity contribution in [1.29, 1.82) is 0 Å². The van der Waals surface area contributed by atoms with Gasteiger partial charge >= 0.3 is 0 Å². The maximum absolute atomic E-state index is 12.4. The number of thiophene rings is 1. The van der Waals surface area contributed by atoms with Crippen LogP contribution in [0, 0.1) is 0 Å². The maximum atomic E-state index is 12.4. The fourth-order valence-corrected chi connectivity index (χ4v) is 3.22. The van der Waals surface area contributed by atoms with Crippen LogP contribution in [-0.4, -0.2) is 20.6 Å². The topological polar surface area (TPSA) is 73.0 Å². The average molecular weight is 338 g/mol. The lowest BCUT2D eigenvalue weighted by atomic mass is 10.2. The Morgan fingerprint density at radius 2 is 2.21 bits per heavy atom. The molecule has 4 aromatic rings. The molecule has 6 nitrogen and oxygen atoms in total. The van der Waals surface area contributed by atoms with E-state index in [9.17, 15) is 4.79 Å².